The maximum Gasteiger partial charge on any atom is 0.248 e. The van der Waals surface area contributed by atoms with Crippen molar-refractivity contribution in [3.8, 4) is 0 Å². The smallest absolute Gasteiger partial charge is 0.248 e. The lowest BCUT2D eigenvalue weighted by Crippen LogP contribution is -2.71. The van der Waals surface area contributed by atoms with Gasteiger partial charge in [0.05, 0.1) is 6.10 Å². The van der Waals surface area contributed by atoms with E-state index in [1.165, 1.54) is 19.8 Å². The van der Waals surface area contributed by atoms with E-state index in [0.29, 0.717) is 13.1 Å². The van der Waals surface area contributed by atoms with Gasteiger partial charge in [-0.2, -0.15) is 0 Å². The Labute approximate surface area is 112 Å². The monoisotopic (exact) mass is 267 g/mol. The van der Waals surface area contributed by atoms with Crippen molar-refractivity contribution in [1.29, 1.82) is 0 Å². The average molecular weight is 267 g/mol. The zero-order valence-corrected chi connectivity index (χ0v) is 11.2. The maximum absolute atomic E-state index is 12.2. The van der Waals surface area contributed by atoms with E-state index in [2.05, 4.69) is 10.2 Å². The van der Waals surface area contributed by atoms with Gasteiger partial charge >= 0.3 is 0 Å². The molecule has 2 amide bonds. The second kappa shape index (κ2) is 4.76. The number of hydrogen-bond donors (Lipinski definition) is 2. The first kappa shape index (κ1) is 12.9. The summed E-state index contributed by atoms with van der Waals surface area (Å²) in [4.78, 5) is 28.2. The van der Waals surface area contributed by atoms with Crippen molar-refractivity contribution in [2.75, 3.05) is 26.2 Å². The minimum Gasteiger partial charge on any atom is -0.391 e. The fraction of sp³-hybridized carbons (Fsp3) is 0.846. The number of carbonyl (C=O) groups excluding carboxylic acids is 2. The molecule has 6 heteroatoms. The van der Waals surface area contributed by atoms with Gasteiger partial charge in [-0.15, -0.1) is 0 Å². The van der Waals surface area contributed by atoms with Crippen LogP contribution in [0.5, 0.6) is 0 Å². The molecule has 0 radical (unpaired) electrons. The summed E-state index contributed by atoms with van der Waals surface area (Å²) in [5, 5.41) is 12.2. The van der Waals surface area contributed by atoms with Gasteiger partial charge in [-0.1, -0.05) is 0 Å². The first-order valence-corrected chi connectivity index (χ1v) is 7.07. The van der Waals surface area contributed by atoms with Gasteiger partial charge in [-0.3, -0.25) is 14.5 Å². The van der Waals surface area contributed by atoms with E-state index in [0.717, 1.165) is 19.0 Å². The Bertz CT molecular complexity index is 395. The van der Waals surface area contributed by atoms with Crippen molar-refractivity contribution >= 4 is 11.8 Å². The second-order valence-electron chi connectivity index (χ2n) is 5.98. The summed E-state index contributed by atoms with van der Waals surface area (Å²) in [6.45, 7) is 4.63. The molecule has 3 rings (SSSR count). The lowest BCUT2D eigenvalue weighted by Gasteiger charge is -2.45. The molecule has 0 aromatic rings. The molecule has 3 atom stereocenters. The molecule has 106 valence electrons. The van der Waals surface area contributed by atoms with Crippen molar-refractivity contribution in [1.82, 2.24) is 15.1 Å². The quantitative estimate of drug-likeness (QED) is 0.673. The minimum atomic E-state index is -0.845. The molecular weight excluding hydrogens is 246 g/mol. The third-order valence-electron chi connectivity index (χ3n) is 4.31. The molecular formula is C13H21N3O3. The zero-order chi connectivity index (χ0) is 13.6. The molecule has 19 heavy (non-hydrogen) atoms. The van der Waals surface area contributed by atoms with Gasteiger partial charge in [-0.05, 0) is 25.7 Å². The highest BCUT2D eigenvalue weighted by atomic mass is 16.3. The van der Waals surface area contributed by atoms with Crippen molar-refractivity contribution < 1.29 is 14.7 Å². The van der Waals surface area contributed by atoms with Gasteiger partial charge in [0, 0.05) is 26.2 Å². The number of aliphatic hydroxyl groups is 1. The number of hydrogen-bond acceptors (Lipinski definition) is 4. The largest absolute Gasteiger partial charge is 0.391 e. The van der Waals surface area contributed by atoms with Gasteiger partial charge in [0.25, 0.3) is 0 Å². The first-order valence-electron chi connectivity index (χ1n) is 7.07. The zero-order valence-electron chi connectivity index (χ0n) is 11.2. The SMILES string of the molecule is C[C@H](O)[C@H]1NC(=O)[C@H]2CN(CC3CC3)CCN2C1=O. The van der Waals surface area contributed by atoms with E-state index in [-0.39, 0.29) is 17.9 Å². The number of rotatable bonds is 3. The number of amides is 2. The maximum atomic E-state index is 12.2. The molecule has 3 fully saturated rings. The summed E-state index contributed by atoms with van der Waals surface area (Å²) < 4.78 is 0. The second-order valence-corrected chi connectivity index (χ2v) is 5.98. The molecule has 2 N–H and O–H groups in total. The molecule has 0 bridgehead atoms. The highest BCUT2D eigenvalue weighted by Gasteiger charge is 2.45. The van der Waals surface area contributed by atoms with Crippen LogP contribution < -0.4 is 5.32 Å². The van der Waals surface area contributed by atoms with Crippen molar-refractivity contribution in [3.63, 3.8) is 0 Å². The van der Waals surface area contributed by atoms with E-state index < -0.39 is 12.1 Å². The molecule has 3 aliphatic rings. The molecule has 1 saturated carbocycles. The highest BCUT2D eigenvalue weighted by Crippen LogP contribution is 2.30. The minimum absolute atomic E-state index is 0.133. The summed E-state index contributed by atoms with van der Waals surface area (Å²) in [7, 11) is 0. The van der Waals surface area contributed by atoms with E-state index in [4.69, 9.17) is 0 Å². The third kappa shape index (κ3) is 2.47. The number of carbonyl (C=O) groups is 2. The Balaban J connectivity index is 1.68. The number of nitrogens with zero attached hydrogens (tertiary/aromatic N) is 2. The Kier molecular flexibility index (Phi) is 3.22. The van der Waals surface area contributed by atoms with Gasteiger partial charge in [0.2, 0.25) is 11.8 Å². The van der Waals surface area contributed by atoms with Crippen LogP contribution in [-0.2, 0) is 9.59 Å². The van der Waals surface area contributed by atoms with Crippen LogP contribution in [0.2, 0.25) is 0 Å². The van der Waals surface area contributed by atoms with Gasteiger partial charge in [0.15, 0.2) is 0 Å². The topological polar surface area (TPSA) is 72.9 Å². The Morgan fingerprint density at radius 1 is 1.37 bits per heavy atom. The van der Waals surface area contributed by atoms with Gasteiger partial charge < -0.3 is 15.3 Å². The average Bonchev–Trinajstić information content (AvgIpc) is 3.17. The summed E-state index contributed by atoms with van der Waals surface area (Å²) in [6, 6.07) is -1.16. The Morgan fingerprint density at radius 3 is 2.74 bits per heavy atom. The number of piperazine rings is 2. The summed E-state index contributed by atoms with van der Waals surface area (Å²) in [5.41, 5.74) is 0. The van der Waals surface area contributed by atoms with Crippen molar-refractivity contribution in [2.45, 2.75) is 38.0 Å². The Morgan fingerprint density at radius 2 is 2.11 bits per heavy atom. The van der Waals surface area contributed by atoms with Crippen molar-refractivity contribution in [2.24, 2.45) is 5.92 Å². The fourth-order valence-electron chi connectivity index (χ4n) is 2.98. The van der Waals surface area contributed by atoms with Crippen LogP contribution in [0, 0.1) is 5.92 Å². The molecule has 2 heterocycles. The number of fused-ring (bicyclic) bond motifs is 1. The lowest BCUT2D eigenvalue weighted by atomic mass is 10.0. The predicted molar refractivity (Wildman–Crippen MR) is 68.3 cm³/mol. The van der Waals surface area contributed by atoms with Crippen molar-refractivity contribution in [3.05, 3.63) is 0 Å². The van der Waals surface area contributed by atoms with Gasteiger partial charge in [0.1, 0.15) is 12.1 Å². The number of aliphatic hydroxyl groups excluding tert-OH is 1. The first-order chi connectivity index (χ1) is 9.06. The number of nitrogens with one attached hydrogen (secondary N) is 1. The van der Waals surface area contributed by atoms with Crippen LogP contribution in [0.4, 0.5) is 0 Å². The fourth-order valence-corrected chi connectivity index (χ4v) is 2.98. The van der Waals surface area contributed by atoms with E-state index in [9.17, 15) is 14.7 Å². The van der Waals surface area contributed by atoms with Crippen LogP contribution >= 0.6 is 0 Å². The molecule has 0 unspecified atom stereocenters. The Hall–Kier alpha value is -1.14. The van der Waals surface area contributed by atoms with Gasteiger partial charge in [-0.25, -0.2) is 0 Å². The van der Waals surface area contributed by atoms with Crippen LogP contribution in [0.1, 0.15) is 19.8 Å². The standard InChI is InChI=1S/C13H21N3O3/c1-8(17)11-13(19)16-5-4-15(6-9-2-3-9)7-10(16)12(18)14-11/h8-11,17H,2-7H2,1H3,(H,14,18)/t8-,10+,11+/m0/s1. The molecule has 6 nitrogen and oxygen atoms in total. The van der Waals surface area contributed by atoms with Crippen LogP contribution in [0.3, 0.4) is 0 Å². The summed E-state index contributed by atoms with van der Waals surface area (Å²) in [5.74, 6) is 0.510. The molecule has 0 spiro atoms. The summed E-state index contributed by atoms with van der Waals surface area (Å²) >= 11 is 0. The normalized spacial score (nSPS) is 33.9. The van der Waals surface area contributed by atoms with Crippen LogP contribution in [0.25, 0.3) is 0 Å². The molecule has 1 aliphatic carbocycles. The molecule has 2 saturated heterocycles. The molecule has 2 aliphatic heterocycles. The predicted octanol–water partition coefficient (Wildman–Crippen LogP) is -1.21. The van der Waals surface area contributed by atoms with E-state index in [1.54, 1.807) is 4.90 Å². The third-order valence-corrected chi connectivity index (χ3v) is 4.31. The summed E-state index contributed by atoms with van der Waals surface area (Å²) in [6.07, 6.45) is 1.74. The van der Waals surface area contributed by atoms with E-state index in [1.807, 2.05) is 0 Å². The molecule has 0 aromatic heterocycles. The van der Waals surface area contributed by atoms with Crippen LogP contribution in [-0.4, -0.2) is 71.1 Å². The molecule has 0 aromatic carbocycles. The lowest BCUT2D eigenvalue weighted by molar-refractivity contribution is -0.155. The van der Waals surface area contributed by atoms with E-state index >= 15 is 0 Å². The highest BCUT2D eigenvalue weighted by molar-refractivity contribution is 5.97. The van der Waals surface area contributed by atoms with Crippen LogP contribution in [0.15, 0.2) is 0 Å².